The first-order valence-electron chi connectivity index (χ1n) is 9.01. The smallest absolute Gasteiger partial charge is 0.251 e. The summed E-state index contributed by atoms with van der Waals surface area (Å²) >= 11 is 0. The van der Waals surface area contributed by atoms with Crippen molar-refractivity contribution in [3.05, 3.63) is 83.9 Å². The summed E-state index contributed by atoms with van der Waals surface area (Å²) in [6, 6.07) is 22.2. The number of hydrogen-bond acceptors (Lipinski definition) is 4. The van der Waals surface area contributed by atoms with Crippen LogP contribution in [-0.4, -0.2) is 20.1 Å². The van der Waals surface area contributed by atoms with Crippen molar-refractivity contribution in [3.63, 3.8) is 0 Å². The van der Waals surface area contributed by atoms with Crippen LogP contribution in [0.2, 0.25) is 0 Å². The normalized spacial score (nSPS) is 11.4. The molecule has 1 amide bonds. The Kier molecular flexibility index (Phi) is 6.17. The fourth-order valence-corrected chi connectivity index (χ4v) is 2.89. The number of carbonyl (C=O) groups excluding carboxylic acids is 1. The molecule has 144 valence electrons. The maximum Gasteiger partial charge on any atom is 0.251 e. The van der Waals surface area contributed by atoms with Gasteiger partial charge in [0.05, 0.1) is 14.2 Å². The molecule has 0 bridgehead atoms. The number of methoxy groups -OCH3 is 2. The van der Waals surface area contributed by atoms with Crippen LogP contribution in [0.3, 0.4) is 0 Å². The third-order valence-corrected chi connectivity index (χ3v) is 4.41. The van der Waals surface area contributed by atoms with Gasteiger partial charge in [-0.25, -0.2) is 0 Å². The summed E-state index contributed by atoms with van der Waals surface area (Å²) in [5.41, 5.74) is 3.51. The first-order valence-corrected chi connectivity index (χ1v) is 9.01. The average molecular weight is 376 g/mol. The molecule has 0 aliphatic carbocycles. The fourth-order valence-electron chi connectivity index (χ4n) is 2.89. The zero-order chi connectivity index (χ0) is 19.9. The molecule has 1 atom stereocenters. The highest BCUT2D eigenvalue weighted by Gasteiger charge is 2.21. The lowest BCUT2D eigenvalue weighted by Gasteiger charge is -2.21. The zero-order valence-electron chi connectivity index (χ0n) is 16.2. The predicted octanol–water partition coefficient (Wildman–Crippen LogP) is 4.80. The van der Waals surface area contributed by atoms with Gasteiger partial charge < -0.3 is 20.1 Å². The molecule has 3 aromatic carbocycles. The lowest BCUT2D eigenvalue weighted by molar-refractivity contribution is -0.117. The number of ether oxygens (including phenoxy) is 2. The van der Waals surface area contributed by atoms with Gasteiger partial charge in [-0.1, -0.05) is 48.0 Å². The second-order valence-corrected chi connectivity index (χ2v) is 6.41. The minimum atomic E-state index is -0.569. The Balaban J connectivity index is 1.87. The summed E-state index contributed by atoms with van der Waals surface area (Å²) in [6.45, 7) is 2.01. The van der Waals surface area contributed by atoms with E-state index in [1.807, 2.05) is 73.7 Å². The molecule has 0 aromatic heterocycles. The molecule has 0 fully saturated rings. The van der Waals surface area contributed by atoms with Crippen molar-refractivity contribution in [1.29, 1.82) is 0 Å². The van der Waals surface area contributed by atoms with E-state index in [2.05, 4.69) is 10.6 Å². The molecule has 2 N–H and O–H groups in total. The number of rotatable bonds is 7. The van der Waals surface area contributed by atoms with Gasteiger partial charge in [0.25, 0.3) is 5.91 Å². The Labute approximate surface area is 165 Å². The second-order valence-electron chi connectivity index (χ2n) is 6.41. The summed E-state index contributed by atoms with van der Waals surface area (Å²) in [5.74, 6) is 1.08. The molecule has 3 rings (SSSR count). The number of benzene rings is 3. The zero-order valence-corrected chi connectivity index (χ0v) is 16.2. The minimum Gasteiger partial charge on any atom is -0.493 e. The first kappa shape index (κ1) is 19.3. The number of anilines is 2. The van der Waals surface area contributed by atoms with Gasteiger partial charge in [-0.15, -0.1) is 0 Å². The molecule has 0 heterocycles. The van der Waals surface area contributed by atoms with Crippen LogP contribution in [0.5, 0.6) is 11.5 Å². The van der Waals surface area contributed by atoms with Crippen LogP contribution in [0.1, 0.15) is 17.2 Å². The average Bonchev–Trinajstić information content (AvgIpc) is 2.74. The van der Waals surface area contributed by atoms with E-state index in [1.165, 1.54) is 0 Å². The molecule has 0 aliphatic heterocycles. The van der Waals surface area contributed by atoms with Crippen LogP contribution in [0, 0.1) is 6.92 Å². The summed E-state index contributed by atoms with van der Waals surface area (Å²) in [5, 5.41) is 6.29. The summed E-state index contributed by atoms with van der Waals surface area (Å²) in [4.78, 5) is 13.1. The van der Waals surface area contributed by atoms with Gasteiger partial charge in [0.2, 0.25) is 0 Å². The monoisotopic (exact) mass is 376 g/mol. The van der Waals surface area contributed by atoms with Crippen molar-refractivity contribution in [3.8, 4) is 11.5 Å². The van der Waals surface area contributed by atoms with Crippen molar-refractivity contribution < 1.29 is 14.3 Å². The highest BCUT2D eigenvalue weighted by Crippen LogP contribution is 2.31. The Bertz CT molecular complexity index is 924. The molecule has 0 unspecified atom stereocenters. The Morgan fingerprint density at radius 3 is 2.11 bits per heavy atom. The topological polar surface area (TPSA) is 59.6 Å². The van der Waals surface area contributed by atoms with E-state index in [0.717, 1.165) is 22.5 Å². The molecule has 28 heavy (non-hydrogen) atoms. The summed E-state index contributed by atoms with van der Waals surface area (Å²) in [7, 11) is 3.17. The van der Waals surface area contributed by atoms with Gasteiger partial charge in [0.15, 0.2) is 11.5 Å². The van der Waals surface area contributed by atoms with Gasteiger partial charge in [0.1, 0.15) is 6.04 Å². The van der Waals surface area contributed by atoms with Crippen LogP contribution in [0.4, 0.5) is 11.4 Å². The first-order chi connectivity index (χ1) is 13.6. The van der Waals surface area contributed by atoms with Crippen LogP contribution in [0.15, 0.2) is 72.8 Å². The van der Waals surface area contributed by atoms with Crippen molar-refractivity contribution in [2.75, 3.05) is 24.9 Å². The second kappa shape index (κ2) is 8.95. The number of aryl methyl sites for hydroxylation is 1. The lowest BCUT2D eigenvalue weighted by atomic mass is 10.1. The number of nitrogens with one attached hydrogen (secondary N) is 2. The van der Waals surface area contributed by atoms with E-state index < -0.39 is 6.04 Å². The SMILES string of the molecule is COc1ccc(N[C@H](C(=O)Nc2ccc(C)cc2)c2ccccc2)cc1OC. The standard InChI is InChI=1S/C23H24N2O3/c1-16-9-11-18(12-10-16)25-23(26)22(17-7-5-4-6-8-17)24-19-13-14-20(27-2)21(15-19)28-3/h4-15,22,24H,1-3H3,(H,25,26)/t22-/m0/s1. The molecular weight excluding hydrogens is 352 g/mol. The highest BCUT2D eigenvalue weighted by molar-refractivity contribution is 5.97. The molecule has 0 saturated carbocycles. The number of carbonyl (C=O) groups is 1. The van der Waals surface area contributed by atoms with Crippen molar-refractivity contribution in [2.24, 2.45) is 0 Å². The maximum atomic E-state index is 13.1. The lowest BCUT2D eigenvalue weighted by Crippen LogP contribution is -2.27. The predicted molar refractivity (Wildman–Crippen MR) is 112 cm³/mol. The summed E-state index contributed by atoms with van der Waals surface area (Å²) in [6.07, 6.45) is 0. The fraction of sp³-hybridized carbons (Fsp3) is 0.174. The molecule has 0 aliphatic rings. The van der Waals surface area contributed by atoms with Crippen LogP contribution in [0.25, 0.3) is 0 Å². The van der Waals surface area contributed by atoms with E-state index in [4.69, 9.17) is 9.47 Å². The van der Waals surface area contributed by atoms with E-state index >= 15 is 0 Å². The molecule has 5 heteroatoms. The maximum absolute atomic E-state index is 13.1. The minimum absolute atomic E-state index is 0.148. The van der Waals surface area contributed by atoms with Gasteiger partial charge in [-0.2, -0.15) is 0 Å². The quantitative estimate of drug-likeness (QED) is 0.622. The van der Waals surface area contributed by atoms with Crippen molar-refractivity contribution in [2.45, 2.75) is 13.0 Å². The summed E-state index contributed by atoms with van der Waals surface area (Å²) < 4.78 is 10.7. The number of amides is 1. The van der Waals surface area contributed by atoms with Crippen LogP contribution < -0.4 is 20.1 Å². The molecule has 3 aromatic rings. The van der Waals surface area contributed by atoms with Gasteiger partial charge in [0, 0.05) is 17.4 Å². The van der Waals surface area contributed by atoms with Crippen molar-refractivity contribution >= 4 is 17.3 Å². The molecule has 0 radical (unpaired) electrons. The Hall–Kier alpha value is -3.47. The van der Waals surface area contributed by atoms with E-state index in [-0.39, 0.29) is 5.91 Å². The molecular formula is C23H24N2O3. The van der Waals surface area contributed by atoms with Crippen molar-refractivity contribution in [1.82, 2.24) is 0 Å². The Morgan fingerprint density at radius 2 is 1.46 bits per heavy atom. The molecule has 0 saturated heterocycles. The van der Waals surface area contributed by atoms with Gasteiger partial charge in [-0.05, 0) is 36.8 Å². The van der Waals surface area contributed by atoms with E-state index in [1.54, 1.807) is 20.3 Å². The third kappa shape index (κ3) is 4.62. The van der Waals surface area contributed by atoms with Gasteiger partial charge >= 0.3 is 0 Å². The van der Waals surface area contributed by atoms with Crippen LogP contribution >= 0.6 is 0 Å². The third-order valence-electron chi connectivity index (χ3n) is 4.41. The number of hydrogen-bond donors (Lipinski definition) is 2. The van der Waals surface area contributed by atoms with E-state index in [9.17, 15) is 4.79 Å². The highest BCUT2D eigenvalue weighted by atomic mass is 16.5. The van der Waals surface area contributed by atoms with Crippen LogP contribution in [-0.2, 0) is 4.79 Å². The van der Waals surface area contributed by atoms with E-state index in [0.29, 0.717) is 11.5 Å². The molecule has 0 spiro atoms. The molecule has 5 nitrogen and oxygen atoms in total. The van der Waals surface area contributed by atoms with Gasteiger partial charge in [-0.3, -0.25) is 4.79 Å². The Morgan fingerprint density at radius 1 is 0.821 bits per heavy atom. The largest absolute Gasteiger partial charge is 0.493 e.